The van der Waals surface area contributed by atoms with Gasteiger partial charge >= 0.3 is 0 Å². The largest absolute Gasteiger partial charge is 0.370 e. The number of para-hydroxylation sites is 1. The van der Waals surface area contributed by atoms with E-state index in [4.69, 9.17) is 11.5 Å². The summed E-state index contributed by atoms with van der Waals surface area (Å²) in [5, 5.41) is 0. The van der Waals surface area contributed by atoms with Crippen LogP contribution in [0.15, 0.2) is 53.7 Å². The van der Waals surface area contributed by atoms with Crippen molar-refractivity contribution in [2.45, 2.75) is 0 Å². The fourth-order valence-electron chi connectivity index (χ4n) is 1.45. The van der Waals surface area contributed by atoms with Crippen LogP contribution in [-0.4, -0.2) is 10.9 Å². The molecule has 4 N–H and O–H groups in total. The van der Waals surface area contributed by atoms with Gasteiger partial charge in [-0.3, -0.25) is 4.98 Å². The van der Waals surface area contributed by atoms with E-state index in [1.807, 2.05) is 42.5 Å². The molecule has 4 heteroatoms. The van der Waals surface area contributed by atoms with E-state index in [0.29, 0.717) is 0 Å². The van der Waals surface area contributed by atoms with Crippen molar-refractivity contribution in [3.8, 4) is 11.3 Å². The number of nitrogens with two attached hydrogens (primary N) is 2. The molecule has 0 bridgehead atoms. The average molecular weight is 212 g/mol. The van der Waals surface area contributed by atoms with Crippen molar-refractivity contribution in [3.63, 3.8) is 0 Å². The summed E-state index contributed by atoms with van der Waals surface area (Å²) in [6, 6.07) is 13.3. The van der Waals surface area contributed by atoms with E-state index >= 15 is 0 Å². The van der Waals surface area contributed by atoms with Gasteiger partial charge in [0.25, 0.3) is 0 Å². The van der Waals surface area contributed by atoms with Crippen LogP contribution in [0.4, 0.5) is 5.69 Å². The van der Waals surface area contributed by atoms with Crippen LogP contribution in [0.25, 0.3) is 11.3 Å². The van der Waals surface area contributed by atoms with Crippen molar-refractivity contribution in [2.75, 3.05) is 0 Å². The molecule has 2 aromatic rings. The van der Waals surface area contributed by atoms with Gasteiger partial charge in [-0.25, -0.2) is 4.99 Å². The molecule has 0 radical (unpaired) electrons. The first-order valence-corrected chi connectivity index (χ1v) is 4.87. The van der Waals surface area contributed by atoms with E-state index in [1.54, 1.807) is 6.20 Å². The number of pyridine rings is 1. The van der Waals surface area contributed by atoms with Crippen molar-refractivity contribution in [1.29, 1.82) is 0 Å². The molecule has 0 aliphatic heterocycles. The molecule has 4 nitrogen and oxygen atoms in total. The summed E-state index contributed by atoms with van der Waals surface area (Å²) in [5.74, 6) is 0.0448. The number of guanidine groups is 1. The summed E-state index contributed by atoms with van der Waals surface area (Å²) in [5.41, 5.74) is 13.2. The Bertz CT molecular complexity index is 501. The number of benzene rings is 1. The van der Waals surface area contributed by atoms with Crippen LogP contribution in [0.3, 0.4) is 0 Å². The minimum atomic E-state index is 0.0448. The highest BCUT2D eigenvalue weighted by atomic mass is 15.0. The van der Waals surface area contributed by atoms with Crippen molar-refractivity contribution in [1.82, 2.24) is 4.98 Å². The van der Waals surface area contributed by atoms with Crippen LogP contribution in [0, 0.1) is 0 Å². The quantitative estimate of drug-likeness (QED) is 0.587. The molecular formula is C12H12N4. The summed E-state index contributed by atoms with van der Waals surface area (Å²) in [7, 11) is 0. The molecule has 1 aromatic heterocycles. The van der Waals surface area contributed by atoms with Crippen molar-refractivity contribution < 1.29 is 0 Å². The van der Waals surface area contributed by atoms with Crippen molar-refractivity contribution in [3.05, 3.63) is 48.7 Å². The maximum absolute atomic E-state index is 5.38. The second kappa shape index (κ2) is 4.44. The standard InChI is InChI=1S/C12H12N4/c13-12(14)16-11-7-2-1-5-9(11)10-6-3-4-8-15-10/h1-8H,(H4,13,14,16). The van der Waals surface area contributed by atoms with Crippen LogP contribution in [0.2, 0.25) is 0 Å². The summed E-state index contributed by atoms with van der Waals surface area (Å²) >= 11 is 0. The second-order valence-corrected chi connectivity index (χ2v) is 3.27. The number of aromatic nitrogens is 1. The van der Waals surface area contributed by atoms with E-state index < -0.39 is 0 Å². The third kappa shape index (κ3) is 2.17. The molecule has 1 aromatic carbocycles. The minimum absolute atomic E-state index is 0.0448. The van der Waals surface area contributed by atoms with Gasteiger partial charge in [0.1, 0.15) is 0 Å². The fraction of sp³-hybridized carbons (Fsp3) is 0. The first-order chi connectivity index (χ1) is 7.77. The van der Waals surface area contributed by atoms with Gasteiger partial charge < -0.3 is 11.5 Å². The zero-order valence-corrected chi connectivity index (χ0v) is 8.67. The fourth-order valence-corrected chi connectivity index (χ4v) is 1.45. The number of aliphatic imine (C=N–C) groups is 1. The zero-order chi connectivity index (χ0) is 11.4. The molecule has 0 spiro atoms. The Morgan fingerprint density at radius 3 is 2.44 bits per heavy atom. The molecule has 0 amide bonds. The van der Waals surface area contributed by atoms with Crippen LogP contribution in [0.1, 0.15) is 0 Å². The maximum atomic E-state index is 5.38. The predicted octanol–water partition coefficient (Wildman–Crippen LogP) is 1.65. The van der Waals surface area contributed by atoms with E-state index in [2.05, 4.69) is 9.98 Å². The van der Waals surface area contributed by atoms with Gasteiger partial charge in [0.2, 0.25) is 0 Å². The van der Waals surface area contributed by atoms with E-state index in [1.165, 1.54) is 0 Å². The summed E-state index contributed by atoms with van der Waals surface area (Å²) in [6.07, 6.45) is 1.74. The molecule has 1 heterocycles. The topological polar surface area (TPSA) is 77.3 Å². The van der Waals surface area contributed by atoms with E-state index in [9.17, 15) is 0 Å². The molecule has 0 saturated heterocycles. The first-order valence-electron chi connectivity index (χ1n) is 4.87. The Labute approximate surface area is 93.6 Å². The van der Waals surface area contributed by atoms with E-state index in [0.717, 1.165) is 16.9 Å². The molecule has 0 saturated carbocycles. The van der Waals surface area contributed by atoms with Gasteiger partial charge in [-0.1, -0.05) is 24.3 Å². The molecule has 16 heavy (non-hydrogen) atoms. The van der Waals surface area contributed by atoms with Crippen molar-refractivity contribution in [2.24, 2.45) is 16.5 Å². The number of hydrogen-bond acceptors (Lipinski definition) is 2. The average Bonchev–Trinajstić information content (AvgIpc) is 2.30. The van der Waals surface area contributed by atoms with E-state index in [-0.39, 0.29) is 5.96 Å². The van der Waals surface area contributed by atoms with Crippen LogP contribution >= 0.6 is 0 Å². The highest BCUT2D eigenvalue weighted by Gasteiger charge is 2.03. The monoisotopic (exact) mass is 212 g/mol. The second-order valence-electron chi connectivity index (χ2n) is 3.27. The lowest BCUT2D eigenvalue weighted by atomic mass is 10.1. The van der Waals surface area contributed by atoms with Gasteiger partial charge in [-0.2, -0.15) is 0 Å². The normalized spacial score (nSPS) is 9.75. The first kappa shape index (κ1) is 10.2. The molecule has 0 aliphatic carbocycles. The number of hydrogen-bond donors (Lipinski definition) is 2. The predicted molar refractivity (Wildman–Crippen MR) is 65.1 cm³/mol. The lowest BCUT2D eigenvalue weighted by Gasteiger charge is -2.04. The number of nitrogens with zero attached hydrogens (tertiary/aromatic N) is 2. The Morgan fingerprint density at radius 2 is 1.75 bits per heavy atom. The smallest absolute Gasteiger partial charge is 0.191 e. The Hall–Kier alpha value is -2.36. The zero-order valence-electron chi connectivity index (χ0n) is 8.67. The maximum Gasteiger partial charge on any atom is 0.191 e. The summed E-state index contributed by atoms with van der Waals surface area (Å²) < 4.78 is 0. The summed E-state index contributed by atoms with van der Waals surface area (Å²) in [4.78, 5) is 8.33. The van der Waals surface area contributed by atoms with Crippen molar-refractivity contribution >= 4 is 11.6 Å². The van der Waals surface area contributed by atoms with Gasteiger partial charge in [0.05, 0.1) is 11.4 Å². The van der Waals surface area contributed by atoms with Crippen LogP contribution in [0.5, 0.6) is 0 Å². The van der Waals surface area contributed by atoms with Gasteiger partial charge in [0.15, 0.2) is 5.96 Å². The van der Waals surface area contributed by atoms with Crippen LogP contribution in [-0.2, 0) is 0 Å². The third-order valence-electron chi connectivity index (χ3n) is 2.09. The molecular weight excluding hydrogens is 200 g/mol. The Morgan fingerprint density at radius 1 is 1.00 bits per heavy atom. The molecule has 2 rings (SSSR count). The van der Waals surface area contributed by atoms with Gasteiger partial charge in [-0.15, -0.1) is 0 Å². The lowest BCUT2D eigenvalue weighted by molar-refractivity contribution is 1.31. The van der Waals surface area contributed by atoms with Gasteiger partial charge in [-0.05, 0) is 18.2 Å². The highest BCUT2D eigenvalue weighted by molar-refractivity contribution is 5.83. The van der Waals surface area contributed by atoms with Gasteiger partial charge in [0, 0.05) is 11.8 Å². The molecule has 0 unspecified atom stereocenters. The highest BCUT2D eigenvalue weighted by Crippen LogP contribution is 2.27. The Kier molecular flexibility index (Phi) is 2.82. The van der Waals surface area contributed by atoms with Crippen LogP contribution < -0.4 is 11.5 Å². The molecule has 0 fully saturated rings. The Balaban J connectivity index is 2.53. The molecule has 0 atom stereocenters. The molecule has 0 aliphatic rings. The number of rotatable bonds is 2. The minimum Gasteiger partial charge on any atom is -0.370 e. The SMILES string of the molecule is NC(N)=Nc1ccccc1-c1ccccn1. The third-order valence-corrected chi connectivity index (χ3v) is 2.09. The lowest BCUT2D eigenvalue weighted by Crippen LogP contribution is -2.21. The molecule has 80 valence electrons. The summed E-state index contributed by atoms with van der Waals surface area (Å²) in [6.45, 7) is 0.